The normalized spacial score (nSPS) is 17.1. The van der Waals surface area contributed by atoms with Gasteiger partial charge in [0.25, 0.3) is 0 Å². The van der Waals surface area contributed by atoms with Crippen LogP contribution in [0.4, 0.5) is 0 Å². The Labute approximate surface area is 104 Å². The van der Waals surface area contributed by atoms with Gasteiger partial charge < -0.3 is 9.73 Å². The first-order valence-corrected chi connectivity index (χ1v) is 6.77. The summed E-state index contributed by atoms with van der Waals surface area (Å²) in [6.45, 7) is 4.96. The Morgan fingerprint density at radius 1 is 1.41 bits per heavy atom. The van der Waals surface area contributed by atoms with E-state index < -0.39 is 0 Å². The van der Waals surface area contributed by atoms with Crippen LogP contribution in [0.1, 0.15) is 43.9 Å². The maximum absolute atomic E-state index is 5.54. The van der Waals surface area contributed by atoms with Crippen molar-refractivity contribution >= 4 is 0 Å². The molecule has 1 heterocycles. The SMILES string of the molecule is CCNCc1occc1CN(C)C1CCCC1. The third kappa shape index (κ3) is 3.33. The van der Waals surface area contributed by atoms with E-state index in [-0.39, 0.29) is 0 Å². The van der Waals surface area contributed by atoms with Crippen LogP contribution in [-0.4, -0.2) is 24.5 Å². The number of hydrogen-bond donors (Lipinski definition) is 1. The predicted molar refractivity (Wildman–Crippen MR) is 69.8 cm³/mol. The molecule has 0 radical (unpaired) electrons. The number of rotatable bonds is 6. The summed E-state index contributed by atoms with van der Waals surface area (Å²) in [5, 5.41) is 3.32. The zero-order valence-corrected chi connectivity index (χ0v) is 11.0. The Morgan fingerprint density at radius 2 is 2.18 bits per heavy atom. The minimum Gasteiger partial charge on any atom is -0.468 e. The van der Waals surface area contributed by atoms with Gasteiger partial charge in [-0.25, -0.2) is 0 Å². The van der Waals surface area contributed by atoms with Gasteiger partial charge in [0.2, 0.25) is 0 Å². The van der Waals surface area contributed by atoms with Gasteiger partial charge in [0.15, 0.2) is 0 Å². The predicted octanol–water partition coefficient (Wildman–Crippen LogP) is 2.76. The van der Waals surface area contributed by atoms with Gasteiger partial charge in [0.1, 0.15) is 5.76 Å². The van der Waals surface area contributed by atoms with Gasteiger partial charge in [-0.3, -0.25) is 4.90 Å². The topological polar surface area (TPSA) is 28.4 Å². The lowest BCUT2D eigenvalue weighted by Crippen LogP contribution is -2.29. The third-order valence-corrected chi connectivity index (χ3v) is 3.74. The molecule has 1 N–H and O–H groups in total. The Bertz CT molecular complexity index is 329. The molecule has 2 rings (SSSR count). The molecule has 1 fully saturated rings. The van der Waals surface area contributed by atoms with Gasteiger partial charge in [-0.2, -0.15) is 0 Å². The van der Waals surface area contributed by atoms with Crippen LogP contribution >= 0.6 is 0 Å². The highest BCUT2D eigenvalue weighted by Gasteiger charge is 2.20. The lowest BCUT2D eigenvalue weighted by atomic mass is 10.1. The van der Waals surface area contributed by atoms with Gasteiger partial charge in [0.05, 0.1) is 12.8 Å². The van der Waals surface area contributed by atoms with E-state index in [0.29, 0.717) is 0 Å². The van der Waals surface area contributed by atoms with E-state index >= 15 is 0 Å². The zero-order chi connectivity index (χ0) is 12.1. The maximum atomic E-state index is 5.54. The summed E-state index contributed by atoms with van der Waals surface area (Å²) in [6.07, 6.45) is 7.31. The second kappa shape index (κ2) is 6.22. The molecule has 1 aliphatic carbocycles. The summed E-state index contributed by atoms with van der Waals surface area (Å²) in [4.78, 5) is 2.48. The minimum absolute atomic E-state index is 0.775. The molecule has 0 spiro atoms. The quantitative estimate of drug-likeness (QED) is 0.823. The first kappa shape index (κ1) is 12.7. The van der Waals surface area contributed by atoms with Crippen LogP contribution in [0.15, 0.2) is 16.7 Å². The Hall–Kier alpha value is -0.800. The molecule has 3 nitrogen and oxygen atoms in total. The highest BCUT2D eigenvalue weighted by Crippen LogP contribution is 2.24. The number of furan rings is 1. The van der Waals surface area contributed by atoms with Crippen molar-refractivity contribution in [1.82, 2.24) is 10.2 Å². The molecule has 0 bridgehead atoms. The van der Waals surface area contributed by atoms with Crippen molar-refractivity contribution in [3.63, 3.8) is 0 Å². The molecule has 17 heavy (non-hydrogen) atoms. The van der Waals surface area contributed by atoms with E-state index in [2.05, 4.69) is 30.3 Å². The number of nitrogens with zero attached hydrogens (tertiary/aromatic N) is 1. The molecular formula is C14H24N2O. The van der Waals surface area contributed by atoms with E-state index in [9.17, 15) is 0 Å². The van der Waals surface area contributed by atoms with Crippen molar-refractivity contribution in [2.24, 2.45) is 0 Å². The van der Waals surface area contributed by atoms with Crippen molar-refractivity contribution in [1.29, 1.82) is 0 Å². The molecule has 1 aromatic heterocycles. The molecule has 96 valence electrons. The standard InChI is InChI=1S/C14H24N2O/c1-3-15-10-14-12(8-9-17-14)11-16(2)13-6-4-5-7-13/h8-9,13,15H,3-7,10-11H2,1-2H3. The number of nitrogens with one attached hydrogen (secondary N) is 1. The van der Waals surface area contributed by atoms with Gasteiger partial charge in [0, 0.05) is 18.2 Å². The van der Waals surface area contributed by atoms with Crippen LogP contribution in [0.2, 0.25) is 0 Å². The largest absolute Gasteiger partial charge is 0.468 e. The van der Waals surface area contributed by atoms with Gasteiger partial charge >= 0.3 is 0 Å². The zero-order valence-electron chi connectivity index (χ0n) is 11.0. The highest BCUT2D eigenvalue weighted by atomic mass is 16.3. The lowest BCUT2D eigenvalue weighted by Gasteiger charge is -2.23. The summed E-state index contributed by atoms with van der Waals surface area (Å²) in [7, 11) is 2.24. The van der Waals surface area contributed by atoms with Gasteiger partial charge in [-0.05, 0) is 32.5 Å². The van der Waals surface area contributed by atoms with E-state index in [4.69, 9.17) is 4.42 Å². The fraction of sp³-hybridized carbons (Fsp3) is 0.714. The third-order valence-electron chi connectivity index (χ3n) is 3.74. The second-order valence-corrected chi connectivity index (χ2v) is 5.00. The van der Waals surface area contributed by atoms with Crippen LogP contribution in [0.25, 0.3) is 0 Å². The van der Waals surface area contributed by atoms with Crippen molar-refractivity contribution in [2.45, 2.75) is 51.7 Å². The Balaban J connectivity index is 1.90. The van der Waals surface area contributed by atoms with Crippen molar-refractivity contribution in [2.75, 3.05) is 13.6 Å². The second-order valence-electron chi connectivity index (χ2n) is 5.00. The Morgan fingerprint density at radius 3 is 2.88 bits per heavy atom. The van der Waals surface area contributed by atoms with E-state index in [1.54, 1.807) is 0 Å². The summed E-state index contributed by atoms with van der Waals surface area (Å²) >= 11 is 0. The van der Waals surface area contributed by atoms with Crippen molar-refractivity contribution < 1.29 is 4.42 Å². The molecular weight excluding hydrogens is 212 g/mol. The summed E-state index contributed by atoms with van der Waals surface area (Å²) in [6, 6.07) is 2.88. The van der Waals surface area contributed by atoms with E-state index in [1.165, 1.54) is 31.2 Å². The van der Waals surface area contributed by atoms with Crippen LogP contribution in [-0.2, 0) is 13.1 Å². The fourth-order valence-corrected chi connectivity index (χ4v) is 2.64. The fourth-order valence-electron chi connectivity index (χ4n) is 2.64. The monoisotopic (exact) mass is 236 g/mol. The minimum atomic E-state index is 0.775. The molecule has 0 aromatic carbocycles. The van der Waals surface area contributed by atoms with Crippen LogP contribution in [0, 0.1) is 0 Å². The lowest BCUT2D eigenvalue weighted by molar-refractivity contribution is 0.235. The molecule has 0 aliphatic heterocycles. The van der Waals surface area contributed by atoms with E-state index in [1.807, 2.05) is 6.26 Å². The Kier molecular flexibility index (Phi) is 4.63. The van der Waals surface area contributed by atoms with Gasteiger partial charge in [-0.1, -0.05) is 19.8 Å². The van der Waals surface area contributed by atoms with E-state index in [0.717, 1.165) is 31.4 Å². The van der Waals surface area contributed by atoms with Crippen molar-refractivity contribution in [3.8, 4) is 0 Å². The summed E-state index contributed by atoms with van der Waals surface area (Å²) in [5.74, 6) is 1.09. The molecule has 0 atom stereocenters. The van der Waals surface area contributed by atoms with Crippen LogP contribution < -0.4 is 5.32 Å². The average molecular weight is 236 g/mol. The average Bonchev–Trinajstić information content (AvgIpc) is 2.97. The molecule has 1 aromatic rings. The maximum Gasteiger partial charge on any atom is 0.122 e. The first-order chi connectivity index (χ1) is 8.31. The summed E-state index contributed by atoms with van der Waals surface area (Å²) < 4.78 is 5.54. The number of hydrogen-bond acceptors (Lipinski definition) is 3. The van der Waals surface area contributed by atoms with Crippen LogP contribution in [0.5, 0.6) is 0 Å². The molecule has 3 heteroatoms. The molecule has 1 aliphatic rings. The molecule has 0 unspecified atom stereocenters. The molecule has 0 amide bonds. The molecule has 1 saturated carbocycles. The molecule has 0 saturated heterocycles. The van der Waals surface area contributed by atoms with Crippen molar-refractivity contribution in [3.05, 3.63) is 23.7 Å². The van der Waals surface area contributed by atoms with Gasteiger partial charge in [-0.15, -0.1) is 0 Å². The summed E-state index contributed by atoms with van der Waals surface area (Å²) in [5.41, 5.74) is 1.33. The van der Waals surface area contributed by atoms with Crippen LogP contribution in [0.3, 0.4) is 0 Å². The smallest absolute Gasteiger partial charge is 0.122 e. The first-order valence-electron chi connectivity index (χ1n) is 6.77. The highest BCUT2D eigenvalue weighted by molar-refractivity contribution is 5.17.